The summed E-state index contributed by atoms with van der Waals surface area (Å²) in [5.74, 6) is 0. The summed E-state index contributed by atoms with van der Waals surface area (Å²) in [5, 5.41) is 1.42. The van der Waals surface area contributed by atoms with Gasteiger partial charge in [0.05, 0.1) is 11.4 Å². The summed E-state index contributed by atoms with van der Waals surface area (Å²) in [6, 6.07) is 12.6. The maximum absolute atomic E-state index is 13.3. The van der Waals surface area contributed by atoms with E-state index in [1.54, 1.807) is 24.3 Å². The molecule has 10 heteroatoms. The molecule has 1 fully saturated rings. The van der Waals surface area contributed by atoms with Crippen LogP contribution in [-0.2, 0) is 16.2 Å². The van der Waals surface area contributed by atoms with Crippen LogP contribution in [0.4, 0.5) is 13.2 Å². The van der Waals surface area contributed by atoms with E-state index in [1.807, 2.05) is 18.2 Å². The van der Waals surface area contributed by atoms with Crippen LogP contribution in [0.2, 0.25) is 0 Å². The summed E-state index contributed by atoms with van der Waals surface area (Å²) >= 11 is 0. The lowest BCUT2D eigenvalue weighted by Crippen LogP contribution is -2.44. The first-order chi connectivity index (χ1) is 14.2. The molecule has 30 heavy (non-hydrogen) atoms. The van der Waals surface area contributed by atoms with E-state index in [0.29, 0.717) is 24.8 Å². The third-order valence-corrected chi connectivity index (χ3v) is 6.83. The number of halogens is 3. The van der Waals surface area contributed by atoms with E-state index in [9.17, 15) is 21.6 Å². The Morgan fingerprint density at radius 2 is 1.83 bits per heavy atom. The molecule has 1 saturated heterocycles. The number of benzene rings is 2. The van der Waals surface area contributed by atoms with E-state index < -0.39 is 34.0 Å². The molecular formula is C20H18F3N3O3S. The maximum atomic E-state index is 13.3. The Hall–Kier alpha value is -2.72. The number of hydrogen-bond donors (Lipinski definition) is 0. The Kier molecular flexibility index (Phi) is 5.37. The number of aromatic nitrogens is 2. The zero-order chi connectivity index (χ0) is 21.4. The van der Waals surface area contributed by atoms with Crippen molar-refractivity contribution in [2.45, 2.75) is 30.0 Å². The molecule has 1 aliphatic rings. The summed E-state index contributed by atoms with van der Waals surface area (Å²) in [4.78, 5) is 7.32. The van der Waals surface area contributed by atoms with Crippen LogP contribution in [-0.4, -0.2) is 41.9 Å². The van der Waals surface area contributed by atoms with Gasteiger partial charge in [0.15, 0.2) is 5.69 Å². The fraction of sp³-hybridized carbons (Fsp3) is 0.300. The molecule has 3 aromatic rings. The zero-order valence-electron chi connectivity index (χ0n) is 15.7. The van der Waals surface area contributed by atoms with Gasteiger partial charge in [0.25, 0.3) is 0 Å². The highest BCUT2D eigenvalue weighted by Gasteiger charge is 2.35. The van der Waals surface area contributed by atoms with E-state index in [1.165, 1.54) is 4.31 Å². The van der Waals surface area contributed by atoms with Crippen LogP contribution in [0, 0.1) is 0 Å². The molecule has 2 heterocycles. The molecule has 158 valence electrons. The molecule has 2 aromatic carbocycles. The first-order valence-corrected chi connectivity index (χ1v) is 10.7. The van der Waals surface area contributed by atoms with Crippen LogP contribution in [0.5, 0.6) is 6.01 Å². The van der Waals surface area contributed by atoms with Crippen molar-refractivity contribution in [1.29, 1.82) is 0 Å². The summed E-state index contributed by atoms with van der Waals surface area (Å²) in [5.41, 5.74) is -1.11. The van der Waals surface area contributed by atoms with Gasteiger partial charge in [0, 0.05) is 18.1 Å². The van der Waals surface area contributed by atoms with Crippen molar-refractivity contribution in [3.8, 4) is 6.01 Å². The molecule has 0 radical (unpaired) electrons. The molecule has 1 atom stereocenters. The number of alkyl halides is 3. The van der Waals surface area contributed by atoms with Crippen molar-refractivity contribution in [2.75, 3.05) is 13.1 Å². The topological polar surface area (TPSA) is 72.4 Å². The Labute approximate surface area is 171 Å². The lowest BCUT2D eigenvalue weighted by atomic mass is 10.1. The van der Waals surface area contributed by atoms with Gasteiger partial charge in [-0.1, -0.05) is 36.4 Å². The van der Waals surface area contributed by atoms with E-state index in [0.717, 1.165) is 17.6 Å². The van der Waals surface area contributed by atoms with Gasteiger partial charge in [0.2, 0.25) is 10.0 Å². The number of rotatable bonds is 4. The van der Waals surface area contributed by atoms with Crippen LogP contribution < -0.4 is 4.74 Å². The quantitative estimate of drug-likeness (QED) is 0.620. The number of nitrogens with zero attached hydrogens (tertiary/aromatic N) is 3. The predicted molar refractivity (Wildman–Crippen MR) is 103 cm³/mol. The number of fused-ring (bicyclic) bond motifs is 1. The van der Waals surface area contributed by atoms with E-state index >= 15 is 0 Å². The van der Waals surface area contributed by atoms with Gasteiger partial charge in [-0.25, -0.2) is 13.4 Å². The van der Waals surface area contributed by atoms with E-state index in [2.05, 4.69) is 9.97 Å². The second-order valence-electron chi connectivity index (χ2n) is 6.94. The number of hydrogen-bond acceptors (Lipinski definition) is 5. The summed E-state index contributed by atoms with van der Waals surface area (Å²) in [6.45, 7) is 0.306. The normalized spacial score (nSPS) is 18.4. The van der Waals surface area contributed by atoms with Gasteiger partial charge < -0.3 is 4.74 Å². The van der Waals surface area contributed by atoms with Crippen LogP contribution in [0.25, 0.3) is 10.8 Å². The minimum atomic E-state index is -4.61. The summed E-state index contributed by atoms with van der Waals surface area (Å²) < 4.78 is 71.9. The third kappa shape index (κ3) is 4.10. The number of piperidine rings is 1. The Balaban J connectivity index is 1.57. The molecule has 0 aliphatic carbocycles. The van der Waals surface area contributed by atoms with Crippen molar-refractivity contribution in [3.63, 3.8) is 0 Å². The summed E-state index contributed by atoms with van der Waals surface area (Å²) in [6.07, 6.45) is -3.29. The average molecular weight is 437 g/mol. The molecular weight excluding hydrogens is 419 g/mol. The highest BCUT2D eigenvalue weighted by atomic mass is 32.2. The average Bonchev–Trinajstić information content (AvgIpc) is 2.73. The molecule has 4 rings (SSSR count). The SMILES string of the molecule is O=S(=O)(c1cccc2ccccc12)N1CCCC(Oc2nccc(C(F)(F)F)n2)C1. The fourth-order valence-electron chi connectivity index (χ4n) is 3.48. The molecule has 1 aliphatic heterocycles. The van der Waals surface area contributed by atoms with Gasteiger partial charge in [-0.15, -0.1) is 0 Å². The molecule has 0 bridgehead atoms. The first kappa shape index (κ1) is 20.5. The van der Waals surface area contributed by atoms with Gasteiger partial charge in [-0.2, -0.15) is 22.5 Å². The fourth-order valence-corrected chi connectivity index (χ4v) is 5.21. The van der Waals surface area contributed by atoms with Crippen molar-refractivity contribution in [3.05, 3.63) is 60.4 Å². The van der Waals surface area contributed by atoms with E-state index in [-0.39, 0.29) is 11.4 Å². The van der Waals surface area contributed by atoms with Crippen molar-refractivity contribution >= 4 is 20.8 Å². The van der Waals surface area contributed by atoms with Gasteiger partial charge in [-0.3, -0.25) is 0 Å². The predicted octanol–water partition coefficient (Wildman–Crippen LogP) is 3.88. The minimum Gasteiger partial charge on any atom is -0.459 e. The number of sulfonamides is 1. The van der Waals surface area contributed by atoms with Crippen molar-refractivity contribution in [2.24, 2.45) is 0 Å². The monoisotopic (exact) mass is 437 g/mol. The molecule has 0 amide bonds. The van der Waals surface area contributed by atoms with Crippen molar-refractivity contribution in [1.82, 2.24) is 14.3 Å². The molecule has 0 N–H and O–H groups in total. The van der Waals surface area contributed by atoms with Crippen molar-refractivity contribution < 1.29 is 26.3 Å². The van der Waals surface area contributed by atoms with Crippen LogP contribution in [0.3, 0.4) is 0 Å². The van der Waals surface area contributed by atoms with Crippen LogP contribution in [0.1, 0.15) is 18.5 Å². The number of ether oxygens (including phenoxy) is 1. The molecule has 0 saturated carbocycles. The zero-order valence-corrected chi connectivity index (χ0v) is 16.5. The van der Waals surface area contributed by atoms with Gasteiger partial charge >= 0.3 is 12.2 Å². The van der Waals surface area contributed by atoms with Crippen LogP contribution >= 0.6 is 0 Å². The van der Waals surface area contributed by atoms with Crippen LogP contribution in [0.15, 0.2) is 59.6 Å². The third-order valence-electron chi connectivity index (χ3n) is 4.90. The van der Waals surface area contributed by atoms with Gasteiger partial charge in [0.1, 0.15) is 6.10 Å². The molecule has 1 unspecified atom stereocenters. The van der Waals surface area contributed by atoms with E-state index in [4.69, 9.17) is 4.74 Å². The van der Waals surface area contributed by atoms with Gasteiger partial charge in [-0.05, 0) is 30.4 Å². The Bertz CT molecular complexity index is 1160. The smallest absolute Gasteiger partial charge is 0.433 e. The first-order valence-electron chi connectivity index (χ1n) is 9.30. The highest BCUT2D eigenvalue weighted by Crippen LogP contribution is 2.30. The standard InChI is InChI=1S/C20H18F3N3O3S/c21-20(22,23)18-10-11-24-19(25-18)29-15-7-4-12-26(13-15)30(27,28)17-9-3-6-14-5-1-2-8-16(14)17/h1-3,5-6,8-11,15H,4,7,12-13H2. The Morgan fingerprint density at radius 1 is 1.07 bits per heavy atom. The maximum Gasteiger partial charge on any atom is 0.433 e. The lowest BCUT2D eigenvalue weighted by Gasteiger charge is -2.31. The summed E-state index contributed by atoms with van der Waals surface area (Å²) in [7, 11) is -3.81. The largest absolute Gasteiger partial charge is 0.459 e. The second kappa shape index (κ2) is 7.84. The molecule has 0 spiro atoms. The minimum absolute atomic E-state index is 0.00512. The second-order valence-corrected chi connectivity index (χ2v) is 8.85. The highest BCUT2D eigenvalue weighted by molar-refractivity contribution is 7.89. The molecule has 6 nitrogen and oxygen atoms in total. The molecule has 1 aromatic heterocycles. The Morgan fingerprint density at radius 3 is 2.63 bits per heavy atom. The lowest BCUT2D eigenvalue weighted by molar-refractivity contribution is -0.141.